The van der Waals surface area contributed by atoms with Crippen LogP contribution in [0.25, 0.3) is 10.9 Å². The van der Waals surface area contributed by atoms with E-state index in [0.29, 0.717) is 49.1 Å². The molecule has 5 rings (SSSR count). The van der Waals surface area contributed by atoms with Crippen LogP contribution in [0.15, 0.2) is 36.4 Å². The zero-order valence-corrected chi connectivity index (χ0v) is 22.2. The highest BCUT2D eigenvalue weighted by Gasteiger charge is 2.30. The van der Waals surface area contributed by atoms with Crippen molar-refractivity contribution in [3.63, 3.8) is 0 Å². The molecule has 38 heavy (non-hydrogen) atoms. The molecule has 2 fully saturated rings. The minimum atomic E-state index is -0.496. The van der Waals surface area contributed by atoms with E-state index < -0.39 is 5.82 Å². The van der Waals surface area contributed by atoms with Crippen LogP contribution >= 0.6 is 11.6 Å². The third-order valence-corrected chi connectivity index (χ3v) is 7.38. The van der Waals surface area contributed by atoms with E-state index in [9.17, 15) is 9.18 Å². The monoisotopic (exact) mass is 543 g/mol. The van der Waals surface area contributed by atoms with E-state index >= 15 is 0 Å². The van der Waals surface area contributed by atoms with Gasteiger partial charge in [0.2, 0.25) is 0 Å². The molecule has 3 aromatic rings. The number of rotatable bonds is 6. The van der Waals surface area contributed by atoms with Crippen LogP contribution in [0.1, 0.15) is 25.7 Å². The van der Waals surface area contributed by atoms with Crippen molar-refractivity contribution in [2.45, 2.75) is 37.8 Å². The second kappa shape index (κ2) is 11.6. The molecule has 2 aliphatic rings. The maximum Gasteiger partial charge on any atom is 0.320 e. The second-order valence-corrected chi connectivity index (χ2v) is 9.94. The van der Waals surface area contributed by atoms with Gasteiger partial charge in [-0.15, -0.1) is 0 Å². The molecule has 0 atom stereocenters. The maximum atomic E-state index is 13.6. The molecule has 1 N–H and O–H groups in total. The minimum Gasteiger partial charge on any atom is -0.490 e. The zero-order chi connectivity index (χ0) is 26.6. The summed E-state index contributed by atoms with van der Waals surface area (Å²) in [5.41, 5.74) is 1.26. The first-order chi connectivity index (χ1) is 18.4. The Kier molecular flexibility index (Phi) is 7.99. The molecule has 1 aromatic heterocycles. The molecule has 2 amide bonds. The molecule has 2 aromatic carbocycles. The Hall–Kier alpha value is -3.37. The Morgan fingerprint density at radius 1 is 1.13 bits per heavy atom. The summed E-state index contributed by atoms with van der Waals surface area (Å²) in [5, 5.41) is 3.93. The van der Waals surface area contributed by atoms with Gasteiger partial charge in [-0.2, -0.15) is 9.97 Å². The van der Waals surface area contributed by atoms with Crippen LogP contribution in [-0.4, -0.2) is 78.4 Å². The van der Waals surface area contributed by atoms with Crippen LogP contribution < -0.4 is 14.8 Å². The number of carbonyl (C=O) groups excluding carboxylic acids is 1. The van der Waals surface area contributed by atoms with Gasteiger partial charge < -0.3 is 29.3 Å². The average Bonchev–Trinajstić information content (AvgIpc) is 2.95. The van der Waals surface area contributed by atoms with E-state index in [1.54, 1.807) is 6.07 Å². The smallest absolute Gasteiger partial charge is 0.320 e. The van der Waals surface area contributed by atoms with E-state index in [-0.39, 0.29) is 29.2 Å². The predicted molar refractivity (Wildman–Crippen MR) is 143 cm³/mol. The summed E-state index contributed by atoms with van der Waals surface area (Å²) in [6, 6.07) is 10.5. The Labute approximate surface area is 225 Å². The molecule has 1 saturated carbocycles. The van der Waals surface area contributed by atoms with Crippen molar-refractivity contribution >= 4 is 40.0 Å². The first-order valence-corrected chi connectivity index (χ1v) is 13.1. The van der Waals surface area contributed by atoms with Crippen LogP contribution in [-0.2, 0) is 4.74 Å². The molecule has 0 bridgehead atoms. The quantitative estimate of drug-likeness (QED) is 0.454. The highest BCUT2D eigenvalue weighted by Crippen LogP contribution is 2.32. The molecule has 202 valence electrons. The zero-order valence-electron chi connectivity index (χ0n) is 21.5. The number of aromatic nitrogens is 2. The fourth-order valence-corrected chi connectivity index (χ4v) is 5.11. The number of hydrogen-bond acceptors (Lipinski definition) is 7. The number of halogens is 2. The van der Waals surface area contributed by atoms with Gasteiger partial charge in [0, 0.05) is 37.3 Å². The summed E-state index contributed by atoms with van der Waals surface area (Å²) in [7, 11) is 3.39. The van der Waals surface area contributed by atoms with Crippen molar-refractivity contribution in [3.8, 4) is 11.8 Å². The number of nitrogens with zero attached hydrogens (tertiary/aromatic N) is 4. The predicted octanol–water partition coefficient (Wildman–Crippen LogP) is 5.25. The van der Waals surface area contributed by atoms with E-state index in [1.165, 1.54) is 19.2 Å². The molecule has 1 aliphatic heterocycles. The lowest BCUT2D eigenvalue weighted by Crippen LogP contribution is -2.51. The van der Waals surface area contributed by atoms with Crippen molar-refractivity contribution in [2.24, 2.45) is 0 Å². The lowest BCUT2D eigenvalue weighted by Gasteiger charge is -2.38. The second-order valence-electron chi connectivity index (χ2n) is 9.53. The van der Waals surface area contributed by atoms with E-state index in [4.69, 9.17) is 25.8 Å². The number of hydrogen-bond donors (Lipinski definition) is 1. The highest BCUT2D eigenvalue weighted by molar-refractivity contribution is 6.31. The molecular formula is C27H31ClFN5O4. The fourth-order valence-electron chi connectivity index (χ4n) is 4.93. The number of fused-ring (bicyclic) bond motifs is 1. The van der Waals surface area contributed by atoms with Gasteiger partial charge in [0.1, 0.15) is 17.4 Å². The van der Waals surface area contributed by atoms with Gasteiger partial charge in [0.15, 0.2) is 0 Å². The molecule has 1 aliphatic carbocycles. The summed E-state index contributed by atoms with van der Waals surface area (Å²) in [5.74, 6) is 0.698. The van der Waals surface area contributed by atoms with Gasteiger partial charge in [0.25, 0.3) is 0 Å². The van der Waals surface area contributed by atoms with E-state index in [1.807, 2.05) is 35.0 Å². The number of methoxy groups -OCH3 is 1. The normalized spacial score (nSPS) is 19.7. The van der Waals surface area contributed by atoms with Crippen LogP contribution in [0.3, 0.4) is 0 Å². The topological polar surface area (TPSA) is 89.0 Å². The summed E-state index contributed by atoms with van der Waals surface area (Å²) >= 11 is 5.96. The molecule has 2 heterocycles. The van der Waals surface area contributed by atoms with Crippen molar-refractivity contribution < 1.29 is 23.4 Å². The Morgan fingerprint density at radius 2 is 1.89 bits per heavy atom. The van der Waals surface area contributed by atoms with Crippen LogP contribution in [0.2, 0.25) is 5.02 Å². The van der Waals surface area contributed by atoms with Crippen molar-refractivity contribution in [1.29, 1.82) is 0 Å². The highest BCUT2D eigenvalue weighted by atomic mass is 35.5. The number of carbonyl (C=O) groups is 1. The number of benzene rings is 2. The van der Waals surface area contributed by atoms with Gasteiger partial charge in [-0.25, -0.2) is 9.18 Å². The molecule has 1 saturated heterocycles. The average molecular weight is 544 g/mol. The van der Waals surface area contributed by atoms with Gasteiger partial charge in [-0.3, -0.25) is 0 Å². The van der Waals surface area contributed by atoms with Gasteiger partial charge in [-0.1, -0.05) is 11.6 Å². The molecule has 11 heteroatoms. The molecule has 0 radical (unpaired) electrons. The Bertz CT molecular complexity index is 1300. The first-order valence-electron chi connectivity index (χ1n) is 12.8. The van der Waals surface area contributed by atoms with Crippen molar-refractivity contribution in [2.75, 3.05) is 45.8 Å². The summed E-state index contributed by atoms with van der Waals surface area (Å²) in [4.78, 5) is 25.5. The van der Waals surface area contributed by atoms with Crippen molar-refractivity contribution in [1.82, 2.24) is 19.8 Å². The van der Waals surface area contributed by atoms with E-state index in [2.05, 4.69) is 15.3 Å². The lowest BCUT2D eigenvalue weighted by molar-refractivity contribution is 0.0370. The van der Waals surface area contributed by atoms with Crippen LogP contribution in [0, 0.1) is 5.82 Å². The molecular weight excluding hydrogens is 513 g/mol. The van der Waals surface area contributed by atoms with E-state index in [0.717, 1.165) is 31.1 Å². The molecule has 0 unspecified atom stereocenters. The van der Waals surface area contributed by atoms with Crippen molar-refractivity contribution in [3.05, 3.63) is 47.2 Å². The summed E-state index contributed by atoms with van der Waals surface area (Å²) in [6.07, 6.45) is 3.50. The number of anilines is 2. The van der Waals surface area contributed by atoms with Crippen LogP contribution in [0.5, 0.6) is 11.8 Å². The van der Waals surface area contributed by atoms with Gasteiger partial charge in [0.05, 0.1) is 37.0 Å². The number of urea groups is 1. The number of morpholine rings is 1. The van der Waals surface area contributed by atoms with Gasteiger partial charge in [-0.05, 0) is 62.1 Å². The fraction of sp³-hybridized carbons (Fsp3) is 0.444. The van der Waals surface area contributed by atoms with Crippen LogP contribution in [0.4, 0.5) is 20.7 Å². The molecule has 0 spiro atoms. The number of nitrogens with one attached hydrogen (secondary N) is 1. The largest absolute Gasteiger partial charge is 0.490 e. The van der Waals surface area contributed by atoms with Gasteiger partial charge >= 0.3 is 12.0 Å². The lowest BCUT2D eigenvalue weighted by atomic mass is 9.92. The first kappa shape index (κ1) is 26.2. The Balaban J connectivity index is 1.27. The number of ether oxygens (including phenoxy) is 3. The maximum absolute atomic E-state index is 13.6. The SMILES string of the molecule is COc1nc(Nc2ccc(F)c(Cl)c2)c2cc(O[C@H]3CC[C@@H](N(C)C(=O)N4CCOCC4)CC3)ccc2n1. The third kappa shape index (κ3) is 5.86. The summed E-state index contributed by atoms with van der Waals surface area (Å²) < 4.78 is 30.6. The number of amides is 2. The standard InChI is InChI=1S/C27H31ClFN5O4/c1-33(27(35)34-11-13-37-14-12-34)18-4-6-19(7-5-18)38-20-8-10-24-21(16-20)25(32-26(31-24)36-2)30-17-3-9-23(29)22(28)15-17/h3,8-10,15-16,18-19H,4-7,11-14H2,1-2H3,(H,30,31,32)/t18-,19+. The summed E-state index contributed by atoms with van der Waals surface area (Å²) in [6.45, 7) is 2.48. The third-order valence-electron chi connectivity index (χ3n) is 7.09. The molecule has 9 nitrogen and oxygen atoms in total. The Morgan fingerprint density at radius 3 is 2.61 bits per heavy atom. The minimum absolute atomic E-state index is 0.0113.